The number of carbonyl (C=O) groups is 1. The minimum Gasteiger partial charge on any atom is -0.350 e. The first-order valence-corrected chi connectivity index (χ1v) is 7.23. The molecule has 116 valence electrons. The standard InChI is InChI=1S/C17H22N4O/c1-11-6-7-12(2)14(8-11)20-15(22)13-9-18-16(19-10-13)21-17(3,4)5/h6-10H,1-5H3,(H,20,22)(H,18,19,21). The van der Waals surface area contributed by atoms with Gasteiger partial charge in [-0.25, -0.2) is 9.97 Å². The van der Waals surface area contributed by atoms with E-state index in [2.05, 4.69) is 20.6 Å². The lowest BCUT2D eigenvalue weighted by atomic mass is 10.1. The molecule has 22 heavy (non-hydrogen) atoms. The third-order valence-corrected chi connectivity index (χ3v) is 3.04. The number of nitrogens with zero attached hydrogens (tertiary/aromatic N) is 2. The van der Waals surface area contributed by atoms with Crippen LogP contribution in [0.4, 0.5) is 11.6 Å². The Morgan fingerprint density at radius 2 is 1.73 bits per heavy atom. The van der Waals surface area contributed by atoms with Crippen molar-refractivity contribution in [2.45, 2.75) is 40.2 Å². The number of rotatable bonds is 3. The lowest BCUT2D eigenvalue weighted by Gasteiger charge is -2.20. The maximum Gasteiger partial charge on any atom is 0.258 e. The highest BCUT2D eigenvalue weighted by atomic mass is 16.1. The van der Waals surface area contributed by atoms with E-state index in [9.17, 15) is 4.79 Å². The van der Waals surface area contributed by atoms with Crippen LogP contribution in [0.3, 0.4) is 0 Å². The summed E-state index contributed by atoms with van der Waals surface area (Å²) >= 11 is 0. The summed E-state index contributed by atoms with van der Waals surface area (Å²) in [7, 11) is 0. The fourth-order valence-electron chi connectivity index (χ4n) is 1.91. The van der Waals surface area contributed by atoms with Gasteiger partial charge >= 0.3 is 0 Å². The lowest BCUT2D eigenvalue weighted by Crippen LogP contribution is -2.27. The molecular weight excluding hydrogens is 276 g/mol. The van der Waals surface area contributed by atoms with E-state index in [0.717, 1.165) is 16.8 Å². The molecule has 5 nitrogen and oxygen atoms in total. The van der Waals surface area contributed by atoms with E-state index in [1.54, 1.807) is 0 Å². The van der Waals surface area contributed by atoms with E-state index >= 15 is 0 Å². The predicted octanol–water partition coefficient (Wildman–Crippen LogP) is 3.56. The first-order valence-electron chi connectivity index (χ1n) is 7.23. The van der Waals surface area contributed by atoms with Gasteiger partial charge in [-0.05, 0) is 51.8 Å². The maximum absolute atomic E-state index is 12.3. The largest absolute Gasteiger partial charge is 0.350 e. The Bertz CT molecular complexity index is 672. The van der Waals surface area contributed by atoms with Crippen LogP contribution in [0.1, 0.15) is 42.3 Å². The molecule has 0 bridgehead atoms. The average Bonchev–Trinajstić information content (AvgIpc) is 2.42. The van der Waals surface area contributed by atoms with E-state index in [4.69, 9.17) is 0 Å². The van der Waals surface area contributed by atoms with Gasteiger partial charge < -0.3 is 10.6 Å². The second-order valence-electron chi connectivity index (χ2n) is 6.44. The maximum atomic E-state index is 12.3. The summed E-state index contributed by atoms with van der Waals surface area (Å²) in [6, 6.07) is 5.95. The summed E-state index contributed by atoms with van der Waals surface area (Å²) < 4.78 is 0. The van der Waals surface area contributed by atoms with Crippen molar-refractivity contribution in [2.24, 2.45) is 0 Å². The highest BCUT2D eigenvalue weighted by Gasteiger charge is 2.13. The molecular formula is C17H22N4O. The van der Waals surface area contributed by atoms with Gasteiger partial charge in [-0.3, -0.25) is 4.79 Å². The third kappa shape index (κ3) is 4.28. The molecule has 0 spiro atoms. The topological polar surface area (TPSA) is 66.9 Å². The van der Waals surface area contributed by atoms with Crippen LogP contribution in [0.25, 0.3) is 0 Å². The van der Waals surface area contributed by atoms with Crippen molar-refractivity contribution in [2.75, 3.05) is 10.6 Å². The number of amides is 1. The Labute approximate surface area is 131 Å². The highest BCUT2D eigenvalue weighted by molar-refractivity contribution is 6.04. The minimum atomic E-state index is -0.212. The van der Waals surface area contributed by atoms with Gasteiger partial charge in [-0.2, -0.15) is 0 Å². The van der Waals surface area contributed by atoms with Crippen LogP contribution < -0.4 is 10.6 Å². The molecule has 0 aliphatic rings. The van der Waals surface area contributed by atoms with Gasteiger partial charge in [-0.15, -0.1) is 0 Å². The quantitative estimate of drug-likeness (QED) is 0.909. The molecule has 0 saturated heterocycles. The molecule has 0 radical (unpaired) electrons. The van der Waals surface area contributed by atoms with Gasteiger partial charge in [0.2, 0.25) is 5.95 Å². The molecule has 0 unspecified atom stereocenters. The van der Waals surface area contributed by atoms with Crippen molar-refractivity contribution in [3.05, 3.63) is 47.3 Å². The number of nitrogens with one attached hydrogen (secondary N) is 2. The molecule has 2 rings (SSSR count). The molecule has 0 fully saturated rings. The third-order valence-electron chi connectivity index (χ3n) is 3.04. The summed E-state index contributed by atoms with van der Waals surface area (Å²) in [5.41, 5.74) is 3.23. The second-order valence-corrected chi connectivity index (χ2v) is 6.44. The van der Waals surface area contributed by atoms with Crippen LogP contribution in [-0.2, 0) is 0 Å². The van der Waals surface area contributed by atoms with Gasteiger partial charge in [0.05, 0.1) is 5.56 Å². The normalized spacial score (nSPS) is 11.1. The van der Waals surface area contributed by atoms with Crippen LogP contribution in [0, 0.1) is 13.8 Å². The van der Waals surface area contributed by atoms with Crippen molar-refractivity contribution < 1.29 is 4.79 Å². The summed E-state index contributed by atoms with van der Waals surface area (Å²) in [4.78, 5) is 20.6. The second kappa shape index (κ2) is 6.13. The molecule has 1 heterocycles. The van der Waals surface area contributed by atoms with Crippen LogP contribution in [0.2, 0.25) is 0 Å². The first kappa shape index (κ1) is 15.9. The number of benzene rings is 1. The molecule has 1 amide bonds. The molecule has 1 aromatic carbocycles. The summed E-state index contributed by atoms with van der Waals surface area (Å²) in [5.74, 6) is 0.298. The minimum absolute atomic E-state index is 0.123. The van der Waals surface area contributed by atoms with Crippen molar-refractivity contribution in [1.82, 2.24) is 9.97 Å². The van der Waals surface area contributed by atoms with Gasteiger partial charge in [0.25, 0.3) is 5.91 Å². The first-order chi connectivity index (χ1) is 10.2. The van der Waals surface area contributed by atoms with Gasteiger partial charge in [0, 0.05) is 23.6 Å². The summed E-state index contributed by atoms with van der Waals surface area (Å²) in [6.45, 7) is 10.0. The zero-order valence-corrected chi connectivity index (χ0v) is 13.7. The molecule has 1 aromatic heterocycles. The van der Waals surface area contributed by atoms with E-state index in [1.165, 1.54) is 12.4 Å². The van der Waals surface area contributed by atoms with E-state index in [1.807, 2.05) is 52.8 Å². The Morgan fingerprint density at radius 3 is 2.32 bits per heavy atom. The zero-order chi connectivity index (χ0) is 16.3. The summed E-state index contributed by atoms with van der Waals surface area (Å²) in [5, 5.41) is 6.06. The van der Waals surface area contributed by atoms with Crippen LogP contribution in [0.15, 0.2) is 30.6 Å². The SMILES string of the molecule is Cc1ccc(C)c(NC(=O)c2cnc(NC(C)(C)C)nc2)c1. The predicted molar refractivity (Wildman–Crippen MR) is 89.3 cm³/mol. The van der Waals surface area contributed by atoms with Gasteiger partial charge in [0.15, 0.2) is 0 Å². The molecule has 2 aromatic rings. The Hall–Kier alpha value is -2.43. The number of hydrogen-bond donors (Lipinski definition) is 2. The summed E-state index contributed by atoms with van der Waals surface area (Å²) in [6.07, 6.45) is 3.06. The van der Waals surface area contributed by atoms with Crippen molar-refractivity contribution in [1.29, 1.82) is 0 Å². The fraction of sp³-hybridized carbons (Fsp3) is 0.353. The molecule has 5 heteroatoms. The molecule has 2 N–H and O–H groups in total. The zero-order valence-electron chi connectivity index (χ0n) is 13.7. The van der Waals surface area contributed by atoms with E-state index in [-0.39, 0.29) is 11.4 Å². The fourth-order valence-corrected chi connectivity index (χ4v) is 1.91. The van der Waals surface area contributed by atoms with Gasteiger partial charge in [-0.1, -0.05) is 12.1 Å². The monoisotopic (exact) mass is 298 g/mol. The Balaban J connectivity index is 2.11. The number of aryl methyl sites for hydroxylation is 2. The van der Waals surface area contributed by atoms with Crippen molar-refractivity contribution >= 4 is 17.5 Å². The molecule has 0 aliphatic heterocycles. The smallest absolute Gasteiger partial charge is 0.258 e. The van der Waals surface area contributed by atoms with Crippen LogP contribution in [0.5, 0.6) is 0 Å². The number of carbonyl (C=O) groups excluding carboxylic acids is 1. The molecule has 0 aliphatic carbocycles. The van der Waals surface area contributed by atoms with Crippen molar-refractivity contribution in [3.63, 3.8) is 0 Å². The Kier molecular flexibility index (Phi) is 4.45. The van der Waals surface area contributed by atoms with Crippen LogP contribution >= 0.6 is 0 Å². The van der Waals surface area contributed by atoms with Crippen LogP contribution in [-0.4, -0.2) is 21.4 Å². The number of hydrogen-bond acceptors (Lipinski definition) is 4. The van der Waals surface area contributed by atoms with Crippen molar-refractivity contribution in [3.8, 4) is 0 Å². The average molecular weight is 298 g/mol. The molecule has 0 atom stereocenters. The Morgan fingerprint density at radius 1 is 1.09 bits per heavy atom. The van der Waals surface area contributed by atoms with E-state index < -0.39 is 0 Å². The highest BCUT2D eigenvalue weighted by Crippen LogP contribution is 2.17. The number of aromatic nitrogens is 2. The van der Waals surface area contributed by atoms with Gasteiger partial charge in [0.1, 0.15) is 0 Å². The number of anilines is 2. The molecule has 0 saturated carbocycles. The lowest BCUT2D eigenvalue weighted by molar-refractivity contribution is 0.102. The van der Waals surface area contributed by atoms with E-state index in [0.29, 0.717) is 11.5 Å².